The molecule has 2 aromatic heterocycles. The fourth-order valence-electron chi connectivity index (χ4n) is 1.81. The van der Waals surface area contributed by atoms with Gasteiger partial charge in [0.25, 0.3) is 0 Å². The Kier molecular flexibility index (Phi) is 2.82. The number of benzene rings is 1. The number of thiophene rings is 1. The summed E-state index contributed by atoms with van der Waals surface area (Å²) in [4.78, 5) is 11.8. The van der Waals surface area contributed by atoms with E-state index >= 15 is 0 Å². The van der Waals surface area contributed by atoms with Gasteiger partial charge in [-0.05, 0) is 29.1 Å². The van der Waals surface area contributed by atoms with E-state index in [1.807, 2.05) is 24.3 Å². The smallest absolute Gasteiger partial charge is 0.185 e. The summed E-state index contributed by atoms with van der Waals surface area (Å²) in [7, 11) is 0. The molecule has 0 aliphatic rings. The van der Waals surface area contributed by atoms with Crippen LogP contribution in [0.5, 0.6) is 0 Å². The van der Waals surface area contributed by atoms with E-state index < -0.39 is 0 Å². The van der Waals surface area contributed by atoms with Crippen molar-refractivity contribution in [2.45, 2.75) is 0 Å². The first-order valence-corrected chi connectivity index (χ1v) is 6.44. The Morgan fingerprint density at radius 2 is 1.72 bits per heavy atom. The van der Waals surface area contributed by atoms with Crippen molar-refractivity contribution < 1.29 is 9.21 Å². The van der Waals surface area contributed by atoms with Crippen LogP contribution in [-0.4, -0.2) is 6.29 Å². The van der Waals surface area contributed by atoms with Crippen LogP contribution in [-0.2, 0) is 0 Å². The van der Waals surface area contributed by atoms with Crippen LogP contribution in [0, 0.1) is 0 Å². The van der Waals surface area contributed by atoms with Crippen molar-refractivity contribution in [2.24, 2.45) is 0 Å². The first kappa shape index (κ1) is 11.0. The van der Waals surface area contributed by atoms with Crippen LogP contribution in [0.4, 0.5) is 0 Å². The highest BCUT2D eigenvalue weighted by Gasteiger charge is 2.05. The second-order valence-electron chi connectivity index (χ2n) is 3.87. The summed E-state index contributed by atoms with van der Waals surface area (Å²) < 4.78 is 5.38. The molecule has 0 radical (unpaired) electrons. The molecule has 88 valence electrons. The second-order valence-corrected chi connectivity index (χ2v) is 4.82. The topological polar surface area (TPSA) is 30.2 Å². The van der Waals surface area contributed by atoms with E-state index in [0.717, 1.165) is 11.3 Å². The number of hydrogen-bond donors (Lipinski definition) is 0. The van der Waals surface area contributed by atoms with Gasteiger partial charge in [-0.3, -0.25) is 4.79 Å². The number of carbonyl (C=O) groups is 1. The molecule has 0 amide bonds. The number of furan rings is 1. The SMILES string of the molecule is O=Cc1ccc(-c2ccc(-c3cccs3)cc2)o1. The summed E-state index contributed by atoms with van der Waals surface area (Å²) in [5.41, 5.74) is 2.17. The van der Waals surface area contributed by atoms with Gasteiger partial charge in [0.15, 0.2) is 12.0 Å². The van der Waals surface area contributed by atoms with Crippen molar-refractivity contribution in [1.82, 2.24) is 0 Å². The molecule has 3 heteroatoms. The van der Waals surface area contributed by atoms with E-state index in [0.29, 0.717) is 12.0 Å². The Balaban J connectivity index is 1.93. The third kappa shape index (κ3) is 2.00. The minimum atomic E-state index is 0.354. The standard InChI is InChI=1S/C15H10O2S/c16-10-13-7-8-14(17-13)11-3-5-12(6-4-11)15-2-1-9-18-15/h1-10H. The molecule has 0 fully saturated rings. The zero-order valence-corrected chi connectivity index (χ0v) is 10.3. The molecular weight excluding hydrogens is 244 g/mol. The van der Waals surface area contributed by atoms with Crippen LogP contribution in [0.15, 0.2) is 58.3 Å². The average Bonchev–Trinajstić information content (AvgIpc) is 3.10. The molecule has 0 bridgehead atoms. The van der Waals surface area contributed by atoms with E-state index in [-0.39, 0.29) is 0 Å². The number of carbonyl (C=O) groups excluding carboxylic acids is 1. The van der Waals surface area contributed by atoms with Gasteiger partial charge in [-0.2, -0.15) is 0 Å². The molecule has 18 heavy (non-hydrogen) atoms. The summed E-state index contributed by atoms with van der Waals surface area (Å²) in [6.45, 7) is 0. The predicted octanol–water partition coefficient (Wildman–Crippen LogP) is 4.49. The van der Waals surface area contributed by atoms with Gasteiger partial charge in [-0.15, -0.1) is 11.3 Å². The van der Waals surface area contributed by atoms with Crippen molar-refractivity contribution in [1.29, 1.82) is 0 Å². The van der Waals surface area contributed by atoms with Crippen molar-refractivity contribution in [2.75, 3.05) is 0 Å². The fraction of sp³-hybridized carbons (Fsp3) is 0. The summed E-state index contributed by atoms with van der Waals surface area (Å²) in [6.07, 6.45) is 0.712. The van der Waals surface area contributed by atoms with Gasteiger partial charge in [0.1, 0.15) is 5.76 Å². The van der Waals surface area contributed by atoms with Gasteiger partial charge < -0.3 is 4.42 Å². The van der Waals surface area contributed by atoms with Crippen LogP contribution in [0.3, 0.4) is 0 Å². The van der Waals surface area contributed by atoms with Crippen molar-refractivity contribution >= 4 is 17.6 Å². The van der Waals surface area contributed by atoms with E-state index in [2.05, 4.69) is 23.6 Å². The maximum atomic E-state index is 10.6. The molecule has 0 atom stereocenters. The van der Waals surface area contributed by atoms with Gasteiger partial charge in [0.05, 0.1) is 0 Å². The molecule has 0 N–H and O–H groups in total. The number of rotatable bonds is 3. The zero-order chi connectivity index (χ0) is 12.4. The third-order valence-corrected chi connectivity index (χ3v) is 3.64. The first-order chi connectivity index (χ1) is 8.86. The van der Waals surface area contributed by atoms with Crippen molar-refractivity contribution in [3.05, 3.63) is 59.7 Å². The lowest BCUT2D eigenvalue weighted by Gasteiger charge is -2.00. The normalized spacial score (nSPS) is 10.4. The summed E-state index contributed by atoms with van der Waals surface area (Å²) in [6, 6.07) is 15.7. The van der Waals surface area contributed by atoms with Gasteiger partial charge in [0, 0.05) is 10.4 Å². The molecule has 3 aromatic rings. The summed E-state index contributed by atoms with van der Waals surface area (Å²) >= 11 is 1.72. The largest absolute Gasteiger partial charge is 0.453 e. The third-order valence-electron chi connectivity index (χ3n) is 2.72. The molecule has 3 rings (SSSR count). The highest BCUT2D eigenvalue weighted by atomic mass is 32.1. The lowest BCUT2D eigenvalue weighted by Crippen LogP contribution is -1.76. The van der Waals surface area contributed by atoms with Crippen LogP contribution in [0.1, 0.15) is 10.6 Å². The fourth-order valence-corrected chi connectivity index (χ4v) is 2.55. The van der Waals surface area contributed by atoms with Crippen LogP contribution in [0.25, 0.3) is 21.8 Å². The number of aldehydes is 1. The second kappa shape index (κ2) is 4.63. The van der Waals surface area contributed by atoms with Gasteiger partial charge in [0.2, 0.25) is 0 Å². The lowest BCUT2D eigenvalue weighted by molar-refractivity contribution is 0.110. The lowest BCUT2D eigenvalue weighted by atomic mass is 10.1. The summed E-state index contributed by atoms with van der Waals surface area (Å²) in [5.74, 6) is 1.07. The molecule has 0 saturated heterocycles. The summed E-state index contributed by atoms with van der Waals surface area (Å²) in [5, 5.41) is 2.06. The highest BCUT2D eigenvalue weighted by molar-refractivity contribution is 7.13. The van der Waals surface area contributed by atoms with Crippen molar-refractivity contribution in [3.63, 3.8) is 0 Å². The van der Waals surface area contributed by atoms with E-state index in [1.54, 1.807) is 17.4 Å². The van der Waals surface area contributed by atoms with Crippen LogP contribution >= 0.6 is 11.3 Å². The quantitative estimate of drug-likeness (QED) is 0.645. The molecule has 0 aliphatic heterocycles. The monoisotopic (exact) mass is 254 g/mol. The van der Waals surface area contributed by atoms with Gasteiger partial charge in [-0.1, -0.05) is 30.3 Å². The highest BCUT2D eigenvalue weighted by Crippen LogP contribution is 2.28. The molecule has 2 heterocycles. The molecular formula is C15H10O2S. The van der Waals surface area contributed by atoms with Crippen molar-refractivity contribution in [3.8, 4) is 21.8 Å². The zero-order valence-electron chi connectivity index (χ0n) is 9.50. The molecule has 1 aromatic carbocycles. The Hall–Kier alpha value is -2.13. The molecule has 2 nitrogen and oxygen atoms in total. The molecule has 0 spiro atoms. The average molecular weight is 254 g/mol. The Bertz CT molecular complexity index is 648. The Morgan fingerprint density at radius 1 is 0.944 bits per heavy atom. The molecule has 0 aliphatic carbocycles. The molecule has 0 saturated carbocycles. The Labute approximate surface area is 109 Å². The predicted molar refractivity (Wildman–Crippen MR) is 72.8 cm³/mol. The number of hydrogen-bond acceptors (Lipinski definition) is 3. The minimum Gasteiger partial charge on any atom is -0.453 e. The van der Waals surface area contributed by atoms with E-state index in [9.17, 15) is 4.79 Å². The maximum Gasteiger partial charge on any atom is 0.185 e. The first-order valence-electron chi connectivity index (χ1n) is 5.56. The van der Waals surface area contributed by atoms with Crippen LogP contribution in [0.2, 0.25) is 0 Å². The van der Waals surface area contributed by atoms with Crippen LogP contribution < -0.4 is 0 Å². The minimum absolute atomic E-state index is 0.354. The maximum absolute atomic E-state index is 10.6. The van der Waals surface area contributed by atoms with E-state index in [1.165, 1.54) is 10.4 Å². The molecule has 0 unspecified atom stereocenters. The van der Waals surface area contributed by atoms with Gasteiger partial charge >= 0.3 is 0 Å². The van der Waals surface area contributed by atoms with E-state index in [4.69, 9.17) is 4.42 Å². The van der Waals surface area contributed by atoms with Gasteiger partial charge in [-0.25, -0.2) is 0 Å². The Morgan fingerprint density at radius 3 is 2.33 bits per heavy atom.